The summed E-state index contributed by atoms with van der Waals surface area (Å²) in [6.07, 6.45) is 1.39. The number of halogens is 1. The minimum absolute atomic E-state index is 0.0417. The number of aromatic nitrogens is 2. The maximum absolute atomic E-state index is 12.2. The van der Waals surface area contributed by atoms with E-state index in [0.29, 0.717) is 17.0 Å². The smallest absolute Gasteiger partial charge is 0.379 e. The Morgan fingerprint density at radius 2 is 2.03 bits per heavy atom. The number of carbonyl (C=O) groups excluding carboxylic acids is 2. The van der Waals surface area contributed by atoms with Gasteiger partial charge in [-0.3, -0.25) is 9.48 Å². The number of esters is 1. The van der Waals surface area contributed by atoms with Crippen LogP contribution in [0.3, 0.4) is 0 Å². The summed E-state index contributed by atoms with van der Waals surface area (Å²) in [6, 6.07) is 8.06. The lowest BCUT2D eigenvalue weighted by molar-refractivity contribution is -0.121. The lowest BCUT2D eigenvalue weighted by atomic mass is 10.1. The molecule has 0 atom stereocenters. The van der Waals surface area contributed by atoms with E-state index in [1.54, 1.807) is 35.9 Å². The molecule has 0 aliphatic rings. The summed E-state index contributed by atoms with van der Waals surface area (Å²) in [4.78, 5) is 24.3. The molecule has 0 bridgehead atoms. The van der Waals surface area contributed by atoms with E-state index in [2.05, 4.69) is 31.6 Å². The molecule has 31 heavy (non-hydrogen) atoms. The number of nitrogens with zero attached hydrogens (tertiary/aromatic N) is 3. The molecule has 1 N–H and O–H groups in total. The van der Waals surface area contributed by atoms with Gasteiger partial charge < -0.3 is 13.9 Å². The van der Waals surface area contributed by atoms with Crippen molar-refractivity contribution in [3.05, 3.63) is 63.8 Å². The fourth-order valence-corrected chi connectivity index (χ4v) is 3.02. The topological polar surface area (TPSA) is 108 Å². The summed E-state index contributed by atoms with van der Waals surface area (Å²) in [5, 5.41) is 8.45. The van der Waals surface area contributed by atoms with Gasteiger partial charge in [0.2, 0.25) is 5.76 Å². The van der Waals surface area contributed by atoms with Crippen LogP contribution in [0.5, 0.6) is 11.5 Å². The van der Waals surface area contributed by atoms with E-state index >= 15 is 0 Å². The molecule has 0 radical (unpaired) electrons. The average molecular weight is 489 g/mol. The molecule has 1 aromatic carbocycles. The molecular formula is C21H21BrN4O5. The van der Waals surface area contributed by atoms with Gasteiger partial charge in [-0.25, -0.2) is 10.2 Å². The Bertz CT molecular complexity index is 1140. The summed E-state index contributed by atoms with van der Waals surface area (Å²) < 4.78 is 18.2. The minimum atomic E-state index is -0.635. The Balaban J connectivity index is 1.68. The molecular weight excluding hydrogens is 468 g/mol. The molecule has 2 heterocycles. The third kappa shape index (κ3) is 5.21. The van der Waals surface area contributed by atoms with Crippen LogP contribution in [-0.2, 0) is 11.3 Å². The fourth-order valence-electron chi connectivity index (χ4n) is 2.73. The zero-order valence-corrected chi connectivity index (χ0v) is 19.0. The standard InChI is InChI=1S/C21H21BrN4O5/c1-12(23-24-19(27)11-26-14(3)20(22)13(2)25-26)15-7-8-16(18(10-15)29-4)31-21(28)17-6-5-9-30-17/h5-10H,11H2,1-4H3,(H,24,27). The number of benzene rings is 1. The van der Waals surface area contributed by atoms with Crippen LogP contribution < -0.4 is 14.9 Å². The molecule has 0 aliphatic carbocycles. The van der Waals surface area contributed by atoms with Crippen LogP contribution in [0.25, 0.3) is 0 Å². The Hall–Kier alpha value is -3.40. The minimum Gasteiger partial charge on any atom is -0.493 e. The number of ether oxygens (including phenoxy) is 2. The predicted molar refractivity (Wildman–Crippen MR) is 116 cm³/mol. The summed E-state index contributed by atoms with van der Waals surface area (Å²) in [5.74, 6) is -0.288. The van der Waals surface area contributed by atoms with Gasteiger partial charge in [0.25, 0.3) is 5.91 Å². The van der Waals surface area contributed by atoms with Crippen LogP contribution in [0.15, 0.2) is 50.6 Å². The quantitative estimate of drug-likeness (QED) is 0.235. The van der Waals surface area contributed by atoms with E-state index in [4.69, 9.17) is 13.9 Å². The highest BCUT2D eigenvalue weighted by atomic mass is 79.9. The molecule has 0 aliphatic heterocycles. The van der Waals surface area contributed by atoms with E-state index in [0.717, 1.165) is 15.9 Å². The third-order valence-electron chi connectivity index (χ3n) is 4.44. The Morgan fingerprint density at radius 1 is 1.26 bits per heavy atom. The van der Waals surface area contributed by atoms with Crippen LogP contribution in [0.2, 0.25) is 0 Å². The second kappa shape index (κ2) is 9.61. The normalized spacial score (nSPS) is 11.3. The number of nitrogens with one attached hydrogen (secondary N) is 1. The first-order valence-corrected chi connectivity index (χ1v) is 10.1. The van der Waals surface area contributed by atoms with Crippen molar-refractivity contribution in [2.75, 3.05) is 7.11 Å². The van der Waals surface area contributed by atoms with E-state index < -0.39 is 5.97 Å². The molecule has 0 saturated heterocycles. The molecule has 3 aromatic rings. The zero-order valence-electron chi connectivity index (χ0n) is 17.4. The number of rotatable bonds is 7. The van der Waals surface area contributed by atoms with Crippen molar-refractivity contribution in [2.24, 2.45) is 5.10 Å². The highest BCUT2D eigenvalue weighted by Gasteiger charge is 2.16. The number of furan rings is 1. The number of carbonyl (C=O) groups is 2. The Morgan fingerprint density at radius 3 is 2.65 bits per heavy atom. The van der Waals surface area contributed by atoms with Crippen molar-refractivity contribution in [1.29, 1.82) is 0 Å². The number of hydrazone groups is 1. The van der Waals surface area contributed by atoms with Crippen molar-refractivity contribution in [3.8, 4) is 11.5 Å². The van der Waals surface area contributed by atoms with Gasteiger partial charge in [0.1, 0.15) is 6.54 Å². The summed E-state index contributed by atoms with van der Waals surface area (Å²) in [7, 11) is 1.46. The first kappa shape index (κ1) is 22.3. The van der Waals surface area contributed by atoms with Gasteiger partial charge in [-0.1, -0.05) is 0 Å². The largest absolute Gasteiger partial charge is 0.493 e. The van der Waals surface area contributed by atoms with Crippen LogP contribution in [-0.4, -0.2) is 34.5 Å². The molecule has 1 amide bonds. The van der Waals surface area contributed by atoms with Gasteiger partial charge in [0.05, 0.1) is 34.9 Å². The predicted octanol–water partition coefficient (Wildman–Crippen LogP) is 3.62. The molecule has 2 aromatic heterocycles. The SMILES string of the molecule is COc1cc(C(C)=NNC(=O)Cn2nc(C)c(Br)c2C)ccc1OC(=O)c1ccco1. The fraction of sp³-hybridized carbons (Fsp3) is 0.238. The van der Waals surface area contributed by atoms with Crippen molar-refractivity contribution < 1.29 is 23.5 Å². The first-order chi connectivity index (χ1) is 14.8. The first-order valence-electron chi connectivity index (χ1n) is 9.27. The molecule has 9 nitrogen and oxygen atoms in total. The Labute approximate surface area is 187 Å². The monoisotopic (exact) mass is 488 g/mol. The van der Waals surface area contributed by atoms with Gasteiger partial charge >= 0.3 is 5.97 Å². The molecule has 0 unspecified atom stereocenters. The number of aryl methyl sites for hydroxylation is 1. The number of hydrogen-bond donors (Lipinski definition) is 1. The van der Waals surface area contributed by atoms with Gasteiger partial charge in [-0.05, 0) is 67.0 Å². The van der Waals surface area contributed by atoms with Crippen molar-refractivity contribution in [1.82, 2.24) is 15.2 Å². The van der Waals surface area contributed by atoms with Crippen molar-refractivity contribution in [2.45, 2.75) is 27.3 Å². The van der Waals surface area contributed by atoms with E-state index in [9.17, 15) is 9.59 Å². The van der Waals surface area contributed by atoms with Crippen LogP contribution in [0, 0.1) is 13.8 Å². The maximum Gasteiger partial charge on any atom is 0.379 e. The Kier molecular flexibility index (Phi) is 6.91. The van der Waals surface area contributed by atoms with Crippen LogP contribution in [0.1, 0.15) is 34.4 Å². The van der Waals surface area contributed by atoms with Crippen molar-refractivity contribution in [3.63, 3.8) is 0 Å². The second-order valence-corrected chi connectivity index (χ2v) is 7.40. The summed E-state index contributed by atoms with van der Waals surface area (Å²) >= 11 is 3.44. The maximum atomic E-state index is 12.2. The number of hydrogen-bond acceptors (Lipinski definition) is 7. The molecule has 0 spiro atoms. The lowest BCUT2D eigenvalue weighted by Gasteiger charge is -2.10. The third-order valence-corrected chi connectivity index (χ3v) is 5.59. The van der Waals surface area contributed by atoms with E-state index in [1.165, 1.54) is 19.4 Å². The van der Waals surface area contributed by atoms with Crippen molar-refractivity contribution >= 4 is 33.5 Å². The molecule has 0 saturated carbocycles. The van der Waals surface area contributed by atoms with Gasteiger partial charge in [0, 0.05) is 5.56 Å². The number of amides is 1. The van der Waals surface area contributed by atoms with E-state index in [1.807, 2.05) is 13.8 Å². The van der Waals surface area contributed by atoms with Gasteiger partial charge in [-0.15, -0.1) is 0 Å². The highest BCUT2D eigenvalue weighted by Crippen LogP contribution is 2.29. The van der Waals surface area contributed by atoms with E-state index in [-0.39, 0.29) is 24.0 Å². The molecule has 162 valence electrons. The molecule has 0 fully saturated rings. The van der Waals surface area contributed by atoms with Gasteiger partial charge in [-0.2, -0.15) is 10.2 Å². The summed E-state index contributed by atoms with van der Waals surface area (Å²) in [6.45, 7) is 5.51. The average Bonchev–Trinajstić information content (AvgIpc) is 3.38. The lowest BCUT2D eigenvalue weighted by Crippen LogP contribution is -2.25. The summed E-state index contributed by atoms with van der Waals surface area (Å²) in [5.41, 5.74) is 5.42. The second-order valence-electron chi connectivity index (χ2n) is 6.61. The van der Waals surface area contributed by atoms with Crippen LogP contribution >= 0.6 is 15.9 Å². The molecule has 10 heteroatoms. The van der Waals surface area contributed by atoms with Crippen LogP contribution in [0.4, 0.5) is 0 Å². The molecule has 3 rings (SSSR count). The highest BCUT2D eigenvalue weighted by molar-refractivity contribution is 9.10. The number of methoxy groups -OCH3 is 1. The van der Waals surface area contributed by atoms with Gasteiger partial charge in [0.15, 0.2) is 11.5 Å². The zero-order chi connectivity index (χ0) is 22.5.